The zero-order valence-corrected chi connectivity index (χ0v) is 21.0. The number of unbranched alkanes of at least 4 members (excludes halogenated alkanes) is 4. The first-order valence-electron chi connectivity index (χ1n) is 12.5. The van der Waals surface area contributed by atoms with Crippen molar-refractivity contribution < 1.29 is 14.4 Å². The third-order valence-electron chi connectivity index (χ3n) is 6.37. The van der Waals surface area contributed by atoms with E-state index in [1.807, 2.05) is 56.9 Å². The minimum Gasteiger partial charge on any atom is -0.337 e. The molecule has 2 unspecified atom stereocenters. The lowest BCUT2D eigenvalue weighted by molar-refractivity contribution is -0.144. The molecule has 1 aliphatic rings. The summed E-state index contributed by atoms with van der Waals surface area (Å²) in [4.78, 5) is 42.2. The predicted molar refractivity (Wildman–Crippen MR) is 133 cm³/mol. The number of rotatable bonds is 10. The lowest BCUT2D eigenvalue weighted by Crippen LogP contribution is -2.60. The van der Waals surface area contributed by atoms with Crippen LogP contribution in [0.1, 0.15) is 71.8 Å². The second-order valence-electron chi connectivity index (χ2n) is 9.52. The minimum atomic E-state index is -0.623. The lowest BCUT2D eigenvalue weighted by Gasteiger charge is -2.41. The zero-order valence-electron chi connectivity index (χ0n) is 21.0. The van der Waals surface area contributed by atoms with Gasteiger partial charge in [0.1, 0.15) is 6.04 Å². The van der Waals surface area contributed by atoms with Crippen molar-refractivity contribution >= 4 is 23.5 Å². The highest BCUT2D eigenvalue weighted by Gasteiger charge is 2.34. The zero-order chi connectivity index (χ0) is 24.4. The molecule has 184 valence electrons. The second kappa shape index (κ2) is 13.2. The molecule has 0 aliphatic carbocycles. The van der Waals surface area contributed by atoms with Crippen LogP contribution in [0, 0.1) is 12.8 Å². The van der Waals surface area contributed by atoms with Crippen LogP contribution in [0.5, 0.6) is 0 Å². The molecule has 0 bridgehead atoms. The molecule has 2 N–H and O–H groups in total. The summed E-state index contributed by atoms with van der Waals surface area (Å²) in [6, 6.07) is 6.50. The van der Waals surface area contributed by atoms with Crippen molar-refractivity contribution in [2.75, 3.05) is 25.0 Å². The van der Waals surface area contributed by atoms with Crippen LogP contribution in [0.25, 0.3) is 0 Å². The number of nitrogens with zero attached hydrogens (tertiary/aromatic N) is 2. The molecule has 7 heteroatoms. The van der Waals surface area contributed by atoms with Crippen molar-refractivity contribution in [2.24, 2.45) is 5.92 Å². The molecule has 0 saturated carbocycles. The number of amides is 4. The number of carbonyl (C=O) groups is 3. The topological polar surface area (TPSA) is 81.8 Å². The molecule has 0 radical (unpaired) electrons. The lowest BCUT2D eigenvalue weighted by atomic mass is 10.0. The van der Waals surface area contributed by atoms with Gasteiger partial charge in [0, 0.05) is 37.8 Å². The summed E-state index contributed by atoms with van der Waals surface area (Å²) in [6.45, 7) is 11.5. The molecule has 1 saturated heterocycles. The second-order valence-corrected chi connectivity index (χ2v) is 9.52. The average molecular weight is 459 g/mol. The first-order chi connectivity index (χ1) is 15.7. The highest BCUT2D eigenvalue weighted by atomic mass is 16.2. The molecule has 1 aromatic carbocycles. The molecular weight excluding hydrogens is 416 g/mol. The van der Waals surface area contributed by atoms with Gasteiger partial charge in [-0.25, -0.2) is 4.79 Å². The average Bonchev–Trinajstić information content (AvgIpc) is 2.78. The van der Waals surface area contributed by atoms with E-state index in [-0.39, 0.29) is 29.8 Å². The Morgan fingerprint density at radius 2 is 1.76 bits per heavy atom. The van der Waals surface area contributed by atoms with Crippen LogP contribution in [0.4, 0.5) is 10.5 Å². The Balaban J connectivity index is 1.89. The van der Waals surface area contributed by atoms with E-state index >= 15 is 0 Å². The molecule has 7 nitrogen and oxygen atoms in total. The monoisotopic (exact) mass is 458 g/mol. The van der Waals surface area contributed by atoms with Gasteiger partial charge < -0.3 is 20.4 Å². The SMILES string of the molecule is CCCCCCCC(=O)N1CCN(C(=O)C(NC(=O)Nc2ccccc2C)C(C)C)CC1C. The van der Waals surface area contributed by atoms with E-state index in [0.29, 0.717) is 26.1 Å². The molecule has 1 aromatic rings. The van der Waals surface area contributed by atoms with Gasteiger partial charge in [-0.3, -0.25) is 9.59 Å². The van der Waals surface area contributed by atoms with E-state index in [0.717, 1.165) is 24.1 Å². The van der Waals surface area contributed by atoms with Crippen LogP contribution in [0.2, 0.25) is 0 Å². The summed E-state index contributed by atoms with van der Waals surface area (Å²) in [7, 11) is 0. The first-order valence-corrected chi connectivity index (χ1v) is 12.5. The third-order valence-corrected chi connectivity index (χ3v) is 6.37. The number of benzene rings is 1. The number of para-hydroxylation sites is 1. The Bertz CT molecular complexity index is 795. The fourth-order valence-electron chi connectivity index (χ4n) is 4.27. The Morgan fingerprint density at radius 3 is 2.39 bits per heavy atom. The number of hydrogen-bond acceptors (Lipinski definition) is 3. The predicted octanol–water partition coefficient (Wildman–Crippen LogP) is 4.56. The summed E-state index contributed by atoms with van der Waals surface area (Å²) in [5.74, 6) is 0.0314. The van der Waals surface area contributed by atoms with E-state index < -0.39 is 6.04 Å². The number of carbonyl (C=O) groups excluding carboxylic acids is 3. The molecule has 2 atom stereocenters. The fourth-order valence-corrected chi connectivity index (χ4v) is 4.27. The van der Waals surface area contributed by atoms with Crippen LogP contribution in [0.3, 0.4) is 0 Å². The van der Waals surface area contributed by atoms with Crippen molar-refractivity contribution in [1.82, 2.24) is 15.1 Å². The van der Waals surface area contributed by atoms with Crippen LogP contribution in [-0.2, 0) is 9.59 Å². The van der Waals surface area contributed by atoms with Crippen molar-refractivity contribution in [3.8, 4) is 0 Å². The number of hydrogen-bond donors (Lipinski definition) is 2. The van der Waals surface area contributed by atoms with Gasteiger partial charge in [0.15, 0.2) is 0 Å². The summed E-state index contributed by atoms with van der Waals surface area (Å²) in [5.41, 5.74) is 1.68. The highest BCUT2D eigenvalue weighted by Crippen LogP contribution is 2.17. The maximum atomic E-state index is 13.3. The Morgan fingerprint density at radius 1 is 1.06 bits per heavy atom. The van der Waals surface area contributed by atoms with Gasteiger partial charge >= 0.3 is 6.03 Å². The van der Waals surface area contributed by atoms with Crippen molar-refractivity contribution in [3.05, 3.63) is 29.8 Å². The van der Waals surface area contributed by atoms with Gasteiger partial charge in [0.05, 0.1) is 0 Å². The molecule has 33 heavy (non-hydrogen) atoms. The molecule has 4 amide bonds. The number of aryl methyl sites for hydroxylation is 1. The van der Waals surface area contributed by atoms with Crippen LogP contribution >= 0.6 is 0 Å². The molecule has 1 heterocycles. The van der Waals surface area contributed by atoms with E-state index in [1.165, 1.54) is 19.3 Å². The Labute approximate surface area is 199 Å². The number of urea groups is 1. The third kappa shape index (κ3) is 8.06. The van der Waals surface area contributed by atoms with Crippen molar-refractivity contribution in [2.45, 2.75) is 85.2 Å². The van der Waals surface area contributed by atoms with E-state index in [1.54, 1.807) is 4.90 Å². The highest BCUT2D eigenvalue weighted by molar-refractivity contribution is 5.94. The van der Waals surface area contributed by atoms with Crippen LogP contribution in [0.15, 0.2) is 24.3 Å². The summed E-state index contributed by atoms with van der Waals surface area (Å²) in [5, 5.41) is 5.70. The van der Waals surface area contributed by atoms with Crippen LogP contribution in [-0.4, -0.2) is 59.4 Å². The molecule has 0 spiro atoms. The molecule has 2 rings (SSSR count). The van der Waals surface area contributed by atoms with E-state index in [4.69, 9.17) is 0 Å². The molecule has 1 fully saturated rings. The van der Waals surface area contributed by atoms with Gasteiger partial charge in [-0.2, -0.15) is 0 Å². The Hall–Kier alpha value is -2.57. The first kappa shape index (κ1) is 26.7. The van der Waals surface area contributed by atoms with Gasteiger partial charge in [0.25, 0.3) is 0 Å². The van der Waals surface area contributed by atoms with Gasteiger partial charge in [-0.15, -0.1) is 0 Å². The minimum absolute atomic E-state index is 0.0283. The van der Waals surface area contributed by atoms with E-state index in [2.05, 4.69) is 17.6 Å². The Kier molecular flexibility index (Phi) is 10.7. The normalized spacial score (nSPS) is 17.1. The summed E-state index contributed by atoms with van der Waals surface area (Å²) >= 11 is 0. The molecular formula is C26H42N4O3. The number of anilines is 1. The number of piperazine rings is 1. The maximum Gasteiger partial charge on any atom is 0.319 e. The molecule has 0 aromatic heterocycles. The standard InChI is InChI=1S/C26H42N4O3/c1-6-7-8-9-10-15-23(31)30-17-16-29(18-21(30)5)25(32)24(19(2)3)28-26(33)27-22-14-12-11-13-20(22)4/h11-14,19,21,24H,6-10,15-18H2,1-5H3,(H2,27,28,33). The van der Waals surface area contributed by atoms with Gasteiger partial charge in [-0.05, 0) is 37.8 Å². The largest absolute Gasteiger partial charge is 0.337 e. The van der Waals surface area contributed by atoms with Crippen molar-refractivity contribution in [1.29, 1.82) is 0 Å². The van der Waals surface area contributed by atoms with Crippen molar-refractivity contribution in [3.63, 3.8) is 0 Å². The van der Waals surface area contributed by atoms with Gasteiger partial charge in [0.2, 0.25) is 11.8 Å². The van der Waals surface area contributed by atoms with Gasteiger partial charge in [-0.1, -0.05) is 64.7 Å². The smallest absolute Gasteiger partial charge is 0.319 e. The summed E-state index contributed by atoms with van der Waals surface area (Å²) < 4.78 is 0. The fraction of sp³-hybridized carbons (Fsp3) is 0.654. The number of nitrogens with one attached hydrogen (secondary N) is 2. The maximum absolute atomic E-state index is 13.3. The van der Waals surface area contributed by atoms with E-state index in [9.17, 15) is 14.4 Å². The quantitative estimate of drug-likeness (QED) is 0.504. The van der Waals surface area contributed by atoms with Crippen LogP contribution < -0.4 is 10.6 Å². The molecule has 1 aliphatic heterocycles. The summed E-state index contributed by atoms with van der Waals surface area (Å²) in [6.07, 6.45) is 6.21.